The lowest BCUT2D eigenvalue weighted by Gasteiger charge is -2.13. The van der Waals surface area contributed by atoms with Crippen LogP contribution in [0, 0.1) is 0 Å². The molecule has 5 heteroatoms. The molecule has 124 valence electrons. The summed E-state index contributed by atoms with van der Waals surface area (Å²) in [5, 5.41) is 6.36. The van der Waals surface area contributed by atoms with Crippen molar-refractivity contribution < 1.29 is 9.47 Å². The van der Waals surface area contributed by atoms with Gasteiger partial charge in [0.05, 0.1) is 26.0 Å². The van der Waals surface area contributed by atoms with Crippen molar-refractivity contribution in [3.05, 3.63) is 59.5 Å². The Bertz CT molecular complexity index is 802. The van der Waals surface area contributed by atoms with Crippen LogP contribution in [0.1, 0.15) is 18.5 Å². The Kier molecular flexibility index (Phi) is 5.01. The molecule has 3 rings (SSSR count). The lowest BCUT2D eigenvalue weighted by molar-refractivity contribution is 0.404. The van der Waals surface area contributed by atoms with E-state index in [4.69, 9.17) is 14.5 Å². The third-order valence-corrected chi connectivity index (χ3v) is 4.60. The first-order chi connectivity index (χ1) is 11.7. The van der Waals surface area contributed by atoms with E-state index in [0.717, 1.165) is 27.9 Å². The molecule has 2 aromatic carbocycles. The second-order valence-corrected chi connectivity index (χ2v) is 6.24. The average Bonchev–Trinajstić information content (AvgIpc) is 3.10. The van der Waals surface area contributed by atoms with Gasteiger partial charge >= 0.3 is 0 Å². The molecule has 4 nitrogen and oxygen atoms in total. The average molecular weight is 340 g/mol. The molecule has 0 fully saturated rings. The third kappa shape index (κ3) is 3.51. The van der Waals surface area contributed by atoms with E-state index >= 15 is 0 Å². The van der Waals surface area contributed by atoms with E-state index in [-0.39, 0.29) is 6.04 Å². The van der Waals surface area contributed by atoms with Crippen molar-refractivity contribution in [2.75, 3.05) is 19.5 Å². The van der Waals surface area contributed by atoms with Crippen LogP contribution in [-0.2, 0) is 0 Å². The molecule has 3 aromatic rings. The largest absolute Gasteiger partial charge is 0.497 e. The molecule has 0 aliphatic carbocycles. The van der Waals surface area contributed by atoms with E-state index in [1.54, 1.807) is 25.6 Å². The maximum atomic E-state index is 5.45. The van der Waals surface area contributed by atoms with Crippen LogP contribution in [0.25, 0.3) is 11.3 Å². The van der Waals surface area contributed by atoms with Gasteiger partial charge in [-0.3, -0.25) is 0 Å². The highest BCUT2D eigenvalue weighted by Crippen LogP contribution is 2.35. The van der Waals surface area contributed by atoms with Crippen LogP contribution in [0.4, 0.5) is 5.13 Å². The van der Waals surface area contributed by atoms with Crippen LogP contribution in [0.2, 0.25) is 0 Å². The second-order valence-electron chi connectivity index (χ2n) is 5.38. The number of benzene rings is 2. The number of nitrogens with zero attached hydrogens (tertiary/aromatic N) is 1. The first kappa shape index (κ1) is 16.3. The maximum absolute atomic E-state index is 5.45. The number of rotatable bonds is 6. The van der Waals surface area contributed by atoms with Gasteiger partial charge in [-0.15, -0.1) is 11.3 Å². The van der Waals surface area contributed by atoms with E-state index in [2.05, 4.69) is 24.4 Å². The van der Waals surface area contributed by atoms with Crippen molar-refractivity contribution >= 4 is 16.5 Å². The Labute approximate surface area is 146 Å². The van der Waals surface area contributed by atoms with Crippen molar-refractivity contribution in [1.29, 1.82) is 0 Å². The topological polar surface area (TPSA) is 43.4 Å². The Balaban J connectivity index is 1.83. The van der Waals surface area contributed by atoms with Crippen LogP contribution in [-0.4, -0.2) is 19.2 Å². The van der Waals surface area contributed by atoms with Crippen molar-refractivity contribution in [1.82, 2.24) is 4.98 Å². The van der Waals surface area contributed by atoms with Gasteiger partial charge in [0.1, 0.15) is 11.5 Å². The van der Waals surface area contributed by atoms with E-state index in [0.29, 0.717) is 0 Å². The number of anilines is 1. The van der Waals surface area contributed by atoms with Gasteiger partial charge in [-0.1, -0.05) is 30.3 Å². The number of nitrogens with one attached hydrogen (secondary N) is 1. The van der Waals surface area contributed by atoms with E-state index in [9.17, 15) is 0 Å². The van der Waals surface area contributed by atoms with Crippen molar-refractivity contribution in [3.8, 4) is 22.8 Å². The molecule has 0 spiro atoms. The van der Waals surface area contributed by atoms with Gasteiger partial charge in [-0.05, 0) is 30.7 Å². The molecule has 0 amide bonds. The quantitative estimate of drug-likeness (QED) is 0.686. The van der Waals surface area contributed by atoms with Crippen LogP contribution in [0.15, 0.2) is 53.9 Å². The summed E-state index contributed by atoms with van der Waals surface area (Å²) in [5.74, 6) is 1.56. The summed E-state index contributed by atoms with van der Waals surface area (Å²) in [7, 11) is 3.31. The maximum Gasteiger partial charge on any atom is 0.183 e. The molecular formula is C19H20N2O2S. The molecule has 0 aliphatic rings. The van der Waals surface area contributed by atoms with Crippen LogP contribution < -0.4 is 14.8 Å². The third-order valence-electron chi connectivity index (χ3n) is 3.83. The highest BCUT2D eigenvalue weighted by atomic mass is 32.1. The summed E-state index contributed by atoms with van der Waals surface area (Å²) in [5.41, 5.74) is 3.03. The molecule has 0 bridgehead atoms. The molecule has 24 heavy (non-hydrogen) atoms. The molecule has 1 heterocycles. The van der Waals surface area contributed by atoms with Gasteiger partial charge in [0.25, 0.3) is 0 Å². The predicted molar refractivity (Wildman–Crippen MR) is 99.1 cm³/mol. The minimum absolute atomic E-state index is 0.192. The molecule has 0 saturated heterocycles. The highest BCUT2D eigenvalue weighted by Gasteiger charge is 2.13. The standard InChI is InChI=1S/C19H20N2O2S/c1-13(14-7-5-4-6-8-14)20-19-21-17(12-24-19)16-11-15(22-2)9-10-18(16)23-3/h4-13H,1-3H3,(H,20,21)/t13-/m1/s1. The number of aromatic nitrogens is 1. The van der Waals surface area contributed by atoms with Gasteiger partial charge in [-0.25, -0.2) is 4.98 Å². The second kappa shape index (κ2) is 7.36. The minimum Gasteiger partial charge on any atom is -0.497 e. The fourth-order valence-electron chi connectivity index (χ4n) is 2.49. The zero-order valence-corrected chi connectivity index (χ0v) is 14.8. The number of thiazole rings is 1. The normalized spacial score (nSPS) is 11.8. The van der Waals surface area contributed by atoms with Gasteiger partial charge in [0.2, 0.25) is 0 Å². The molecule has 1 aromatic heterocycles. The SMILES string of the molecule is COc1ccc(OC)c(-c2csc(N[C@H](C)c3ccccc3)n2)c1. The number of methoxy groups -OCH3 is 2. The minimum atomic E-state index is 0.192. The number of hydrogen-bond donors (Lipinski definition) is 1. The molecule has 0 aliphatic heterocycles. The first-order valence-electron chi connectivity index (χ1n) is 7.70. The van der Waals surface area contributed by atoms with Crippen LogP contribution >= 0.6 is 11.3 Å². The van der Waals surface area contributed by atoms with Crippen molar-refractivity contribution in [2.45, 2.75) is 13.0 Å². The van der Waals surface area contributed by atoms with Gasteiger partial charge in [0, 0.05) is 10.9 Å². The van der Waals surface area contributed by atoms with Gasteiger partial charge < -0.3 is 14.8 Å². The van der Waals surface area contributed by atoms with Gasteiger partial charge in [0.15, 0.2) is 5.13 Å². The summed E-state index contributed by atoms with van der Waals surface area (Å²) >= 11 is 1.58. The van der Waals surface area contributed by atoms with Crippen molar-refractivity contribution in [3.63, 3.8) is 0 Å². The van der Waals surface area contributed by atoms with Crippen LogP contribution in [0.3, 0.4) is 0 Å². The first-order valence-corrected chi connectivity index (χ1v) is 8.58. The highest BCUT2D eigenvalue weighted by molar-refractivity contribution is 7.14. The summed E-state index contributed by atoms with van der Waals surface area (Å²) < 4.78 is 10.8. The summed E-state index contributed by atoms with van der Waals surface area (Å²) in [6.07, 6.45) is 0. The van der Waals surface area contributed by atoms with Gasteiger partial charge in [-0.2, -0.15) is 0 Å². The lowest BCUT2D eigenvalue weighted by Crippen LogP contribution is -2.05. The fraction of sp³-hybridized carbons (Fsp3) is 0.211. The monoisotopic (exact) mass is 340 g/mol. The summed E-state index contributed by atoms with van der Waals surface area (Å²) in [6.45, 7) is 2.13. The molecular weight excluding hydrogens is 320 g/mol. The van der Waals surface area contributed by atoms with E-state index in [1.807, 2.05) is 41.8 Å². The molecule has 1 atom stereocenters. The fourth-order valence-corrected chi connectivity index (χ4v) is 3.29. The van der Waals surface area contributed by atoms with Crippen molar-refractivity contribution in [2.24, 2.45) is 0 Å². The van der Waals surface area contributed by atoms with E-state index < -0.39 is 0 Å². The Morgan fingerprint density at radius 3 is 2.54 bits per heavy atom. The zero-order chi connectivity index (χ0) is 16.9. The van der Waals surface area contributed by atoms with E-state index in [1.165, 1.54) is 5.56 Å². The molecule has 1 N–H and O–H groups in total. The lowest BCUT2D eigenvalue weighted by atomic mass is 10.1. The Hall–Kier alpha value is -2.53. The predicted octanol–water partition coefficient (Wildman–Crippen LogP) is 5.00. The molecule has 0 radical (unpaired) electrons. The Morgan fingerprint density at radius 1 is 1.04 bits per heavy atom. The zero-order valence-electron chi connectivity index (χ0n) is 13.9. The smallest absolute Gasteiger partial charge is 0.183 e. The molecule has 0 unspecified atom stereocenters. The molecule has 0 saturated carbocycles. The summed E-state index contributed by atoms with van der Waals surface area (Å²) in [4.78, 5) is 4.70. The van der Waals surface area contributed by atoms with Crippen LogP contribution in [0.5, 0.6) is 11.5 Å². The number of hydrogen-bond acceptors (Lipinski definition) is 5. The Morgan fingerprint density at radius 2 is 1.83 bits per heavy atom. The summed E-state index contributed by atoms with van der Waals surface area (Å²) in [6, 6.07) is 16.2. The number of ether oxygens (including phenoxy) is 2.